The molecule has 2 aromatic rings. The van der Waals surface area contributed by atoms with Crippen molar-refractivity contribution in [2.75, 3.05) is 6.54 Å². The van der Waals surface area contributed by atoms with Gasteiger partial charge < -0.3 is 5.32 Å². The van der Waals surface area contributed by atoms with Crippen LogP contribution in [0.4, 0.5) is 26.3 Å². The third-order valence-electron chi connectivity index (χ3n) is 3.38. The zero-order chi connectivity index (χ0) is 19.7. The average Bonchev–Trinajstić information content (AvgIpc) is 2.82. The van der Waals surface area contributed by atoms with E-state index in [0.29, 0.717) is 9.25 Å². The van der Waals surface area contributed by atoms with E-state index in [1.807, 2.05) is 0 Å². The van der Waals surface area contributed by atoms with Gasteiger partial charge in [0.1, 0.15) is 0 Å². The van der Waals surface area contributed by atoms with E-state index in [9.17, 15) is 35.9 Å². The van der Waals surface area contributed by atoms with Crippen LogP contribution in [0.15, 0.2) is 29.1 Å². The highest BCUT2D eigenvalue weighted by molar-refractivity contribution is 5.95. The fourth-order valence-corrected chi connectivity index (χ4v) is 2.18. The van der Waals surface area contributed by atoms with Crippen molar-refractivity contribution in [2.24, 2.45) is 7.05 Å². The lowest BCUT2D eigenvalue weighted by atomic mass is 10.1. The Morgan fingerprint density at radius 2 is 1.73 bits per heavy atom. The van der Waals surface area contributed by atoms with Crippen molar-refractivity contribution in [2.45, 2.75) is 18.9 Å². The van der Waals surface area contributed by atoms with Gasteiger partial charge in [0.05, 0.1) is 17.7 Å². The standard InChI is InChI=1S/C14H12F6N4O2/c1-23-11(14(18,19)20)22-24(12(23)26)7-6-21-10(25)8-4-2-3-5-9(8)13(15,16)17/h2-5H,6-7H2,1H3,(H,21,25). The molecule has 0 bridgehead atoms. The molecular formula is C14H12F6N4O2. The van der Waals surface area contributed by atoms with Gasteiger partial charge in [0.25, 0.3) is 5.91 Å². The third-order valence-corrected chi connectivity index (χ3v) is 3.38. The van der Waals surface area contributed by atoms with Crippen LogP contribution in [-0.4, -0.2) is 26.8 Å². The summed E-state index contributed by atoms with van der Waals surface area (Å²) in [5.41, 5.74) is -2.85. The molecule has 0 fully saturated rings. The van der Waals surface area contributed by atoms with E-state index < -0.39 is 47.4 Å². The highest BCUT2D eigenvalue weighted by Gasteiger charge is 2.38. The second-order valence-corrected chi connectivity index (χ2v) is 5.19. The zero-order valence-electron chi connectivity index (χ0n) is 13.1. The van der Waals surface area contributed by atoms with E-state index in [1.165, 1.54) is 6.07 Å². The molecule has 0 saturated carbocycles. The van der Waals surface area contributed by atoms with Gasteiger partial charge in [-0.3, -0.25) is 9.36 Å². The number of halogens is 6. The molecule has 1 amide bonds. The van der Waals surface area contributed by atoms with Crippen molar-refractivity contribution in [1.29, 1.82) is 0 Å². The molecule has 0 unspecified atom stereocenters. The third kappa shape index (κ3) is 4.06. The molecule has 1 heterocycles. The Morgan fingerprint density at radius 1 is 1.12 bits per heavy atom. The first kappa shape index (κ1) is 19.5. The van der Waals surface area contributed by atoms with Gasteiger partial charge in [-0.2, -0.15) is 26.3 Å². The Hall–Kier alpha value is -2.79. The van der Waals surface area contributed by atoms with Crippen molar-refractivity contribution in [3.8, 4) is 0 Å². The van der Waals surface area contributed by atoms with Crippen LogP contribution in [0.1, 0.15) is 21.7 Å². The van der Waals surface area contributed by atoms with Crippen LogP contribution in [0.3, 0.4) is 0 Å². The zero-order valence-corrected chi connectivity index (χ0v) is 13.1. The Balaban J connectivity index is 2.10. The lowest BCUT2D eigenvalue weighted by Crippen LogP contribution is -2.32. The Kier molecular flexibility index (Phi) is 5.14. The maximum absolute atomic E-state index is 12.9. The number of hydrogen-bond donors (Lipinski definition) is 1. The summed E-state index contributed by atoms with van der Waals surface area (Å²) in [6.07, 6.45) is -9.58. The molecule has 1 aromatic heterocycles. The highest BCUT2D eigenvalue weighted by atomic mass is 19.4. The molecule has 1 N–H and O–H groups in total. The molecule has 0 saturated heterocycles. The second kappa shape index (κ2) is 6.84. The van der Waals surface area contributed by atoms with E-state index >= 15 is 0 Å². The number of benzene rings is 1. The maximum Gasteiger partial charge on any atom is 0.451 e. The first-order chi connectivity index (χ1) is 11.9. The van der Waals surface area contributed by atoms with Gasteiger partial charge in [0.15, 0.2) is 0 Å². The summed E-state index contributed by atoms with van der Waals surface area (Å²) in [5.74, 6) is -2.49. The molecular weight excluding hydrogens is 370 g/mol. The van der Waals surface area contributed by atoms with Gasteiger partial charge in [-0.25, -0.2) is 9.48 Å². The minimum absolute atomic E-state index is 0.292. The summed E-state index contributed by atoms with van der Waals surface area (Å²) in [4.78, 5) is 23.6. The number of carbonyl (C=O) groups is 1. The lowest BCUT2D eigenvalue weighted by Gasteiger charge is -2.12. The van der Waals surface area contributed by atoms with Crippen LogP contribution in [0.2, 0.25) is 0 Å². The average molecular weight is 382 g/mol. The van der Waals surface area contributed by atoms with Crippen LogP contribution >= 0.6 is 0 Å². The van der Waals surface area contributed by atoms with E-state index in [1.54, 1.807) is 0 Å². The Bertz CT molecular complexity index is 866. The van der Waals surface area contributed by atoms with Crippen molar-refractivity contribution in [1.82, 2.24) is 19.7 Å². The SMILES string of the molecule is Cn1c(C(F)(F)F)nn(CCNC(=O)c2ccccc2C(F)(F)F)c1=O. The summed E-state index contributed by atoms with van der Waals surface area (Å²) < 4.78 is 77.3. The number of amides is 1. The minimum atomic E-state index is -4.84. The second-order valence-electron chi connectivity index (χ2n) is 5.19. The number of hydrogen-bond acceptors (Lipinski definition) is 3. The fraction of sp³-hybridized carbons (Fsp3) is 0.357. The summed E-state index contributed by atoms with van der Waals surface area (Å²) in [6.45, 7) is -0.831. The van der Waals surface area contributed by atoms with Gasteiger partial charge in [0, 0.05) is 13.6 Å². The molecule has 0 aliphatic heterocycles. The van der Waals surface area contributed by atoms with E-state index in [-0.39, 0.29) is 6.54 Å². The van der Waals surface area contributed by atoms with E-state index in [4.69, 9.17) is 0 Å². The van der Waals surface area contributed by atoms with Crippen LogP contribution < -0.4 is 11.0 Å². The van der Waals surface area contributed by atoms with Crippen molar-refractivity contribution >= 4 is 5.91 Å². The summed E-state index contributed by atoms with van der Waals surface area (Å²) >= 11 is 0. The molecule has 26 heavy (non-hydrogen) atoms. The Morgan fingerprint density at radius 3 is 2.27 bits per heavy atom. The number of nitrogens with zero attached hydrogens (tertiary/aromatic N) is 3. The quantitative estimate of drug-likeness (QED) is 0.823. The van der Waals surface area contributed by atoms with Crippen LogP contribution in [-0.2, 0) is 25.9 Å². The smallest absolute Gasteiger partial charge is 0.350 e. The maximum atomic E-state index is 12.9. The van der Waals surface area contributed by atoms with E-state index in [0.717, 1.165) is 25.2 Å². The van der Waals surface area contributed by atoms with Gasteiger partial charge in [-0.15, -0.1) is 5.10 Å². The molecule has 0 aliphatic rings. The normalized spacial score (nSPS) is 12.3. The molecule has 2 rings (SSSR count). The molecule has 12 heteroatoms. The number of carbonyl (C=O) groups excluding carboxylic acids is 1. The predicted molar refractivity (Wildman–Crippen MR) is 76.2 cm³/mol. The summed E-state index contributed by atoms with van der Waals surface area (Å²) in [5, 5.41) is 5.24. The molecule has 1 aromatic carbocycles. The lowest BCUT2D eigenvalue weighted by molar-refractivity contribution is -0.147. The van der Waals surface area contributed by atoms with Gasteiger partial charge >= 0.3 is 18.0 Å². The summed E-state index contributed by atoms with van der Waals surface area (Å²) in [7, 11) is 0.882. The van der Waals surface area contributed by atoms with Crippen LogP contribution in [0.5, 0.6) is 0 Å². The van der Waals surface area contributed by atoms with Crippen molar-refractivity contribution in [3.63, 3.8) is 0 Å². The molecule has 142 valence electrons. The topological polar surface area (TPSA) is 68.9 Å². The molecule has 0 atom stereocenters. The van der Waals surface area contributed by atoms with Gasteiger partial charge in [-0.05, 0) is 12.1 Å². The van der Waals surface area contributed by atoms with Crippen molar-refractivity contribution < 1.29 is 31.1 Å². The first-order valence-corrected chi connectivity index (χ1v) is 7.08. The predicted octanol–water partition coefficient (Wildman–Crippen LogP) is 2.05. The highest BCUT2D eigenvalue weighted by Crippen LogP contribution is 2.31. The number of nitrogens with one attached hydrogen (secondary N) is 1. The molecule has 0 aliphatic carbocycles. The largest absolute Gasteiger partial charge is 0.451 e. The van der Waals surface area contributed by atoms with Gasteiger partial charge in [0.2, 0.25) is 5.82 Å². The molecule has 0 spiro atoms. The van der Waals surface area contributed by atoms with E-state index in [2.05, 4.69) is 10.4 Å². The van der Waals surface area contributed by atoms with Crippen LogP contribution in [0, 0.1) is 0 Å². The summed E-state index contributed by atoms with van der Waals surface area (Å²) in [6, 6.07) is 4.05. The molecule has 6 nitrogen and oxygen atoms in total. The number of aromatic nitrogens is 3. The monoisotopic (exact) mass is 382 g/mol. The number of alkyl halides is 6. The van der Waals surface area contributed by atoms with Gasteiger partial charge in [-0.1, -0.05) is 12.1 Å². The number of rotatable bonds is 4. The first-order valence-electron chi connectivity index (χ1n) is 7.08. The van der Waals surface area contributed by atoms with Crippen LogP contribution in [0.25, 0.3) is 0 Å². The Labute approximate surface area is 142 Å². The minimum Gasteiger partial charge on any atom is -0.350 e. The fourth-order valence-electron chi connectivity index (χ4n) is 2.18. The molecule has 0 radical (unpaired) electrons. The van der Waals surface area contributed by atoms with Crippen molar-refractivity contribution in [3.05, 3.63) is 51.7 Å².